The number of thiazole rings is 1. The number of hydrogen-bond donors (Lipinski definition) is 1. The van der Waals surface area contributed by atoms with Crippen LogP contribution in [0.4, 0.5) is 10.9 Å². The summed E-state index contributed by atoms with van der Waals surface area (Å²) >= 11 is 1.45. The number of nitriles is 1. The van der Waals surface area contributed by atoms with Gasteiger partial charge >= 0.3 is 0 Å². The van der Waals surface area contributed by atoms with Crippen molar-refractivity contribution >= 4 is 28.2 Å². The van der Waals surface area contributed by atoms with E-state index < -0.39 is 10.8 Å². The highest BCUT2D eigenvalue weighted by molar-refractivity contribution is 7.13. The zero-order valence-electron chi connectivity index (χ0n) is 27.1. The van der Waals surface area contributed by atoms with Crippen LogP contribution in [0.1, 0.15) is 54.5 Å². The van der Waals surface area contributed by atoms with Crippen LogP contribution in [0.2, 0.25) is 0 Å². The summed E-state index contributed by atoms with van der Waals surface area (Å²) in [4.78, 5) is 25.9. The molecule has 1 saturated heterocycles. The molecule has 2 aromatic carbocycles. The first-order valence-corrected chi connectivity index (χ1v) is 17.1. The number of nitrogens with zero attached hydrogens (tertiary/aromatic N) is 4. The predicted octanol–water partition coefficient (Wildman–Crippen LogP) is 7.68. The summed E-state index contributed by atoms with van der Waals surface area (Å²) < 4.78 is 5.45. The SMILES string of the molecule is C#C.CC1(C(=O)Nc2nc(Cc3ccc(-c4ccc(N5CCOCC5)nc4)cc3)cs2)CC2(C#N)C/C=C\C=C/CC1c1ccccc12. The normalized spacial score (nSPS) is 24.2. The Morgan fingerprint density at radius 1 is 1.06 bits per heavy atom. The van der Waals surface area contributed by atoms with E-state index in [-0.39, 0.29) is 11.8 Å². The quantitative estimate of drug-likeness (QED) is 0.215. The molecule has 4 aromatic rings. The number of hydrogen-bond acceptors (Lipinski definition) is 7. The van der Waals surface area contributed by atoms with Gasteiger partial charge in [0.1, 0.15) is 5.82 Å². The minimum atomic E-state index is -0.781. The van der Waals surface area contributed by atoms with Gasteiger partial charge in [-0.15, -0.1) is 24.2 Å². The van der Waals surface area contributed by atoms with E-state index in [0.717, 1.165) is 72.1 Å². The number of amides is 1. The van der Waals surface area contributed by atoms with Crippen molar-refractivity contribution in [2.45, 2.75) is 43.9 Å². The summed E-state index contributed by atoms with van der Waals surface area (Å²) in [6, 6.07) is 23.5. The zero-order chi connectivity index (χ0) is 33.6. The first kappa shape index (κ1) is 32.9. The van der Waals surface area contributed by atoms with Gasteiger partial charge in [-0.25, -0.2) is 9.97 Å². The number of fused-ring (bicyclic) bond motifs is 6. The van der Waals surface area contributed by atoms with E-state index >= 15 is 0 Å². The van der Waals surface area contributed by atoms with Crippen LogP contribution in [0, 0.1) is 29.6 Å². The minimum absolute atomic E-state index is 0.0448. The molecule has 3 heterocycles. The topological polar surface area (TPSA) is 91.1 Å². The molecule has 1 N–H and O–H groups in total. The number of anilines is 2. The fraction of sp³-hybridized carbons (Fsp3) is 0.300. The molecule has 7 nitrogen and oxygen atoms in total. The molecule has 3 aliphatic rings. The van der Waals surface area contributed by atoms with Crippen molar-refractivity contribution in [1.29, 1.82) is 5.26 Å². The third kappa shape index (κ3) is 6.55. The third-order valence-electron chi connectivity index (χ3n) is 9.77. The lowest BCUT2D eigenvalue weighted by Gasteiger charge is -2.48. The number of morpholine rings is 1. The number of aromatic nitrogens is 2. The smallest absolute Gasteiger partial charge is 0.232 e. The highest BCUT2D eigenvalue weighted by Gasteiger charge is 2.54. The van der Waals surface area contributed by atoms with Gasteiger partial charge in [0.2, 0.25) is 5.91 Å². The highest BCUT2D eigenvalue weighted by Crippen LogP contribution is 2.56. The number of allylic oxidation sites excluding steroid dienone is 4. The van der Waals surface area contributed by atoms with Gasteiger partial charge in [-0.1, -0.05) is 79.8 Å². The maximum absolute atomic E-state index is 14.2. The zero-order valence-corrected chi connectivity index (χ0v) is 28.0. The van der Waals surface area contributed by atoms with Crippen molar-refractivity contribution in [2.24, 2.45) is 5.41 Å². The lowest BCUT2D eigenvalue weighted by Crippen LogP contribution is -2.48. The maximum Gasteiger partial charge on any atom is 0.232 e. The molecular formula is C40H39N5O2S. The number of pyridine rings is 1. The molecule has 2 aliphatic carbocycles. The van der Waals surface area contributed by atoms with Crippen molar-refractivity contribution in [3.8, 4) is 30.0 Å². The van der Waals surface area contributed by atoms with E-state index in [1.54, 1.807) is 0 Å². The van der Waals surface area contributed by atoms with Crippen LogP contribution in [0.25, 0.3) is 11.1 Å². The number of nitrogens with one attached hydrogen (secondary N) is 1. The molecule has 0 radical (unpaired) electrons. The van der Waals surface area contributed by atoms with Crippen LogP contribution in [0.5, 0.6) is 0 Å². The molecule has 3 atom stereocenters. The van der Waals surface area contributed by atoms with Gasteiger partial charge < -0.3 is 15.0 Å². The summed E-state index contributed by atoms with van der Waals surface area (Å²) in [6.45, 7) is 5.25. The van der Waals surface area contributed by atoms with Crippen molar-refractivity contribution in [3.63, 3.8) is 0 Å². The van der Waals surface area contributed by atoms with Crippen LogP contribution in [-0.4, -0.2) is 42.2 Å². The molecular weight excluding hydrogens is 615 g/mol. The van der Waals surface area contributed by atoms with Crippen molar-refractivity contribution in [2.75, 3.05) is 36.5 Å². The second-order valence-electron chi connectivity index (χ2n) is 12.7. The van der Waals surface area contributed by atoms with Crippen molar-refractivity contribution in [1.82, 2.24) is 9.97 Å². The summed E-state index contributed by atoms with van der Waals surface area (Å²) in [5.74, 6) is 0.861. The van der Waals surface area contributed by atoms with Crippen molar-refractivity contribution in [3.05, 3.63) is 119 Å². The number of benzene rings is 2. The lowest BCUT2D eigenvalue weighted by molar-refractivity contribution is -0.127. The third-order valence-corrected chi connectivity index (χ3v) is 10.6. The van der Waals surface area contributed by atoms with Crippen LogP contribution in [-0.2, 0) is 21.4 Å². The maximum atomic E-state index is 14.2. The summed E-state index contributed by atoms with van der Waals surface area (Å²) in [7, 11) is 0. The second kappa shape index (κ2) is 14.4. The Labute approximate surface area is 287 Å². The monoisotopic (exact) mass is 653 g/mol. The molecule has 7 rings (SSSR count). The largest absolute Gasteiger partial charge is 0.378 e. The van der Waals surface area contributed by atoms with Gasteiger partial charge in [0.15, 0.2) is 5.13 Å². The molecule has 2 bridgehead atoms. The predicted molar refractivity (Wildman–Crippen MR) is 193 cm³/mol. The van der Waals surface area contributed by atoms with E-state index in [4.69, 9.17) is 9.72 Å². The molecule has 48 heavy (non-hydrogen) atoms. The van der Waals surface area contributed by atoms with Crippen LogP contribution >= 0.6 is 11.3 Å². The molecule has 0 spiro atoms. The van der Waals surface area contributed by atoms with Gasteiger partial charge in [0.05, 0.1) is 35.8 Å². The first-order valence-electron chi connectivity index (χ1n) is 16.3. The average molecular weight is 654 g/mol. The average Bonchev–Trinajstić information content (AvgIpc) is 3.58. The van der Waals surface area contributed by atoms with Gasteiger partial charge in [-0.05, 0) is 53.6 Å². The Kier molecular flexibility index (Phi) is 9.87. The molecule has 8 heteroatoms. The molecule has 242 valence electrons. The van der Waals surface area contributed by atoms with E-state index in [2.05, 4.69) is 94.8 Å². The fourth-order valence-electron chi connectivity index (χ4n) is 7.27. The van der Waals surface area contributed by atoms with Crippen LogP contribution in [0.3, 0.4) is 0 Å². The van der Waals surface area contributed by atoms with Crippen molar-refractivity contribution < 1.29 is 9.53 Å². The van der Waals surface area contributed by atoms with E-state index in [1.165, 1.54) is 11.3 Å². The van der Waals surface area contributed by atoms with E-state index in [9.17, 15) is 10.1 Å². The molecule has 1 aliphatic heterocycles. The summed E-state index contributed by atoms with van der Waals surface area (Å²) in [6.07, 6.45) is 20.6. The summed E-state index contributed by atoms with van der Waals surface area (Å²) in [5, 5.41) is 16.3. The summed E-state index contributed by atoms with van der Waals surface area (Å²) in [5.41, 5.74) is 4.86. The highest BCUT2D eigenvalue weighted by atomic mass is 32.1. The Bertz CT molecular complexity index is 1860. The Balaban J connectivity index is 0.00000197. The number of carbonyl (C=O) groups is 1. The molecule has 1 amide bonds. The van der Waals surface area contributed by atoms with E-state index in [1.807, 2.05) is 42.8 Å². The number of ether oxygens (including phenoxy) is 1. The number of carbonyl (C=O) groups excluding carboxylic acids is 1. The molecule has 0 saturated carbocycles. The van der Waals surface area contributed by atoms with E-state index in [0.29, 0.717) is 24.4 Å². The minimum Gasteiger partial charge on any atom is -0.378 e. The molecule has 1 fully saturated rings. The molecule has 2 aromatic heterocycles. The van der Waals surface area contributed by atoms with Crippen LogP contribution < -0.4 is 10.2 Å². The standard InChI is InChI=1S/C38H37N5O2S.C2H2/c1-37(25-38(26-39)17-7-3-2-4-9-32(37)31-8-5-6-10-33(31)38)35(44)42-36-41-30(24-46-36)22-27-11-13-28(14-12-27)29-15-16-34(40-23-29)43-18-20-45-21-19-43;1-2/h2-8,10-16,23-24,32H,9,17-22,25H2,1H3,(H,41,42,44);1-2H/b4-2-,7-3-;. The number of rotatable bonds is 6. The van der Waals surface area contributed by atoms with Gasteiger partial charge in [-0.2, -0.15) is 5.26 Å². The van der Waals surface area contributed by atoms with Crippen LogP contribution in [0.15, 0.2) is 96.5 Å². The van der Waals surface area contributed by atoms with Gasteiger partial charge in [-0.3, -0.25) is 4.79 Å². The number of terminal acetylenes is 1. The Morgan fingerprint density at radius 2 is 1.81 bits per heavy atom. The Morgan fingerprint density at radius 3 is 2.56 bits per heavy atom. The first-order chi connectivity index (χ1) is 23.5. The fourth-order valence-corrected chi connectivity index (χ4v) is 7.97. The lowest BCUT2D eigenvalue weighted by atomic mass is 9.54. The Hall–Kier alpha value is -5.02. The molecule has 3 unspecified atom stereocenters. The van der Waals surface area contributed by atoms with Gasteiger partial charge in [0, 0.05) is 42.6 Å². The second-order valence-corrected chi connectivity index (χ2v) is 13.6. The van der Waals surface area contributed by atoms with Gasteiger partial charge in [0.25, 0.3) is 0 Å².